The normalized spacial score (nSPS) is 19.2. The molecule has 1 aliphatic rings. The first-order valence-corrected chi connectivity index (χ1v) is 5.49. The van der Waals surface area contributed by atoms with E-state index < -0.39 is 0 Å². The summed E-state index contributed by atoms with van der Waals surface area (Å²) in [7, 11) is 0. The SMILES string of the molecule is [N-]=[N+]=NC1(c2ccccc2)CCCCC1. The molecule has 0 N–H and O–H groups in total. The lowest BCUT2D eigenvalue weighted by Gasteiger charge is -2.33. The number of hydrogen-bond acceptors (Lipinski definition) is 1. The van der Waals surface area contributed by atoms with E-state index in [1.54, 1.807) is 0 Å². The highest BCUT2D eigenvalue weighted by atomic mass is 15.2. The zero-order valence-corrected chi connectivity index (χ0v) is 8.76. The van der Waals surface area contributed by atoms with E-state index in [1.807, 2.05) is 18.2 Å². The van der Waals surface area contributed by atoms with Crippen LogP contribution in [0.5, 0.6) is 0 Å². The lowest BCUT2D eigenvalue weighted by molar-refractivity contribution is 0.302. The summed E-state index contributed by atoms with van der Waals surface area (Å²) in [5.74, 6) is 0. The molecule has 0 aliphatic heterocycles. The molecule has 0 atom stereocenters. The van der Waals surface area contributed by atoms with Crippen molar-refractivity contribution >= 4 is 0 Å². The summed E-state index contributed by atoms with van der Waals surface area (Å²) in [4.78, 5) is 3.03. The van der Waals surface area contributed by atoms with Crippen molar-refractivity contribution in [2.24, 2.45) is 5.11 Å². The van der Waals surface area contributed by atoms with Gasteiger partial charge in [0.05, 0.1) is 5.54 Å². The highest BCUT2D eigenvalue weighted by molar-refractivity contribution is 5.25. The van der Waals surface area contributed by atoms with Crippen molar-refractivity contribution in [1.29, 1.82) is 0 Å². The quantitative estimate of drug-likeness (QED) is 0.392. The van der Waals surface area contributed by atoms with Crippen molar-refractivity contribution < 1.29 is 0 Å². The van der Waals surface area contributed by atoms with Gasteiger partial charge < -0.3 is 0 Å². The largest absolute Gasteiger partial charge is 0.0826 e. The van der Waals surface area contributed by atoms with Crippen molar-refractivity contribution in [3.05, 3.63) is 46.3 Å². The number of nitrogens with zero attached hydrogens (tertiary/aromatic N) is 3. The lowest BCUT2D eigenvalue weighted by atomic mass is 9.77. The van der Waals surface area contributed by atoms with Gasteiger partial charge in [0.25, 0.3) is 0 Å². The summed E-state index contributed by atoms with van der Waals surface area (Å²) in [5.41, 5.74) is 9.60. The minimum Gasteiger partial charge on any atom is -0.0826 e. The van der Waals surface area contributed by atoms with Crippen molar-refractivity contribution in [2.75, 3.05) is 0 Å². The third kappa shape index (κ3) is 1.97. The van der Waals surface area contributed by atoms with E-state index in [0.29, 0.717) is 0 Å². The third-order valence-corrected chi connectivity index (χ3v) is 3.23. The first-order valence-electron chi connectivity index (χ1n) is 5.49. The van der Waals surface area contributed by atoms with Crippen LogP contribution in [0, 0.1) is 0 Å². The Balaban J connectivity index is 2.37. The van der Waals surface area contributed by atoms with Crippen LogP contribution in [0.25, 0.3) is 10.4 Å². The van der Waals surface area contributed by atoms with Crippen molar-refractivity contribution in [3.8, 4) is 0 Å². The van der Waals surface area contributed by atoms with E-state index in [2.05, 4.69) is 22.2 Å². The number of azide groups is 1. The molecule has 1 aromatic rings. The summed E-state index contributed by atoms with van der Waals surface area (Å²) in [5, 5.41) is 4.07. The molecule has 3 nitrogen and oxygen atoms in total. The lowest BCUT2D eigenvalue weighted by Crippen LogP contribution is -2.25. The maximum Gasteiger partial charge on any atom is 0.0737 e. The highest BCUT2D eigenvalue weighted by Gasteiger charge is 2.32. The molecule has 0 bridgehead atoms. The predicted molar refractivity (Wildman–Crippen MR) is 60.4 cm³/mol. The standard InChI is InChI=1S/C12H15N3/c13-15-14-12(9-5-2-6-10-12)11-7-3-1-4-8-11/h1,3-4,7-8H,2,5-6,9-10H2. The molecule has 15 heavy (non-hydrogen) atoms. The molecule has 0 heterocycles. The molecule has 0 amide bonds. The predicted octanol–water partition coefficient (Wildman–Crippen LogP) is 4.16. The summed E-state index contributed by atoms with van der Waals surface area (Å²) in [6.07, 6.45) is 5.56. The summed E-state index contributed by atoms with van der Waals surface area (Å²) < 4.78 is 0. The van der Waals surface area contributed by atoms with E-state index in [9.17, 15) is 0 Å². The molecule has 1 fully saturated rings. The van der Waals surface area contributed by atoms with Crippen LogP contribution < -0.4 is 0 Å². The molecule has 1 aromatic carbocycles. The van der Waals surface area contributed by atoms with Crippen LogP contribution in [0.1, 0.15) is 37.7 Å². The monoisotopic (exact) mass is 201 g/mol. The summed E-state index contributed by atoms with van der Waals surface area (Å²) in [6, 6.07) is 10.2. The average molecular weight is 201 g/mol. The molecular formula is C12H15N3. The van der Waals surface area contributed by atoms with Crippen molar-refractivity contribution in [3.63, 3.8) is 0 Å². The van der Waals surface area contributed by atoms with Crippen LogP contribution >= 0.6 is 0 Å². The van der Waals surface area contributed by atoms with Crippen LogP contribution in [0.15, 0.2) is 35.4 Å². The van der Waals surface area contributed by atoms with Gasteiger partial charge in [-0.05, 0) is 23.9 Å². The van der Waals surface area contributed by atoms with Crippen molar-refractivity contribution in [1.82, 2.24) is 0 Å². The molecule has 0 aromatic heterocycles. The van der Waals surface area contributed by atoms with Gasteiger partial charge in [0.1, 0.15) is 0 Å². The van der Waals surface area contributed by atoms with Gasteiger partial charge in [0.15, 0.2) is 0 Å². The van der Waals surface area contributed by atoms with E-state index >= 15 is 0 Å². The second-order valence-corrected chi connectivity index (χ2v) is 4.15. The van der Waals surface area contributed by atoms with Gasteiger partial charge in [-0.25, -0.2) is 0 Å². The Hall–Kier alpha value is -1.47. The summed E-state index contributed by atoms with van der Waals surface area (Å²) >= 11 is 0. The Morgan fingerprint density at radius 1 is 1.07 bits per heavy atom. The van der Waals surface area contributed by atoms with Gasteiger partial charge in [-0.1, -0.05) is 54.7 Å². The van der Waals surface area contributed by atoms with E-state index in [1.165, 1.54) is 12.0 Å². The van der Waals surface area contributed by atoms with Crippen LogP contribution in [0.3, 0.4) is 0 Å². The second kappa shape index (κ2) is 4.37. The Kier molecular flexibility index (Phi) is 2.93. The smallest absolute Gasteiger partial charge is 0.0737 e. The molecule has 2 rings (SSSR count). The van der Waals surface area contributed by atoms with Gasteiger partial charge in [-0.3, -0.25) is 0 Å². The zero-order chi connectivity index (χ0) is 10.6. The molecular weight excluding hydrogens is 186 g/mol. The van der Waals surface area contributed by atoms with Gasteiger partial charge in [-0.2, -0.15) is 0 Å². The van der Waals surface area contributed by atoms with Crippen LogP contribution in [0.2, 0.25) is 0 Å². The molecule has 1 aliphatic carbocycles. The fourth-order valence-electron chi connectivity index (χ4n) is 2.42. The van der Waals surface area contributed by atoms with E-state index in [4.69, 9.17) is 5.53 Å². The topological polar surface area (TPSA) is 48.8 Å². The minimum atomic E-state index is -0.270. The maximum atomic E-state index is 8.70. The minimum absolute atomic E-state index is 0.270. The molecule has 78 valence electrons. The Labute approximate surface area is 89.7 Å². The first-order chi connectivity index (χ1) is 7.37. The second-order valence-electron chi connectivity index (χ2n) is 4.15. The number of benzene rings is 1. The van der Waals surface area contributed by atoms with Gasteiger partial charge >= 0.3 is 0 Å². The Bertz CT molecular complexity index is 360. The molecule has 3 heteroatoms. The third-order valence-electron chi connectivity index (χ3n) is 3.23. The first kappa shape index (κ1) is 10.1. The van der Waals surface area contributed by atoms with Gasteiger partial charge in [0.2, 0.25) is 0 Å². The fraction of sp³-hybridized carbons (Fsp3) is 0.500. The Morgan fingerprint density at radius 2 is 1.73 bits per heavy atom. The molecule has 0 saturated heterocycles. The van der Waals surface area contributed by atoms with Gasteiger partial charge in [-0.15, -0.1) is 0 Å². The molecule has 0 radical (unpaired) electrons. The summed E-state index contributed by atoms with van der Waals surface area (Å²) in [6.45, 7) is 0. The van der Waals surface area contributed by atoms with Crippen LogP contribution in [-0.4, -0.2) is 0 Å². The number of rotatable bonds is 2. The average Bonchev–Trinajstić information content (AvgIpc) is 2.32. The highest BCUT2D eigenvalue weighted by Crippen LogP contribution is 2.40. The zero-order valence-electron chi connectivity index (χ0n) is 8.76. The molecule has 1 saturated carbocycles. The fourth-order valence-corrected chi connectivity index (χ4v) is 2.42. The molecule has 0 spiro atoms. The van der Waals surface area contributed by atoms with Gasteiger partial charge in [0, 0.05) is 4.91 Å². The Morgan fingerprint density at radius 3 is 2.33 bits per heavy atom. The molecule has 0 unspecified atom stereocenters. The van der Waals surface area contributed by atoms with Crippen molar-refractivity contribution in [2.45, 2.75) is 37.6 Å². The van der Waals surface area contributed by atoms with Crippen LogP contribution in [-0.2, 0) is 5.54 Å². The van der Waals surface area contributed by atoms with E-state index in [-0.39, 0.29) is 5.54 Å². The number of hydrogen-bond donors (Lipinski definition) is 0. The maximum absolute atomic E-state index is 8.70. The van der Waals surface area contributed by atoms with Crippen LogP contribution in [0.4, 0.5) is 0 Å². The van der Waals surface area contributed by atoms with E-state index in [0.717, 1.165) is 25.7 Å².